The summed E-state index contributed by atoms with van der Waals surface area (Å²) in [5, 5.41) is 0. The normalized spacial score (nSPS) is 15.9. The van der Waals surface area contributed by atoms with Crippen molar-refractivity contribution in [3.05, 3.63) is 11.6 Å². The summed E-state index contributed by atoms with van der Waals surface area (Å²) < 4.78 is 0. The average Bonchev–Trinajstić information content (AvgIpc) is 2.23. The van der Waals surface area contributed by atoms with Gasteiger partial charge in [-0.15, -0.1) is 0 Å². The topological polar surface area (TPSA) is 0 Å². The molecule has 0 aromatic rings. The van der Waals surface area contributed by atoms with Gasteiger partial charge in [-0.3, -0.25) is 0 Å². The van der Waals surface area contributed by atoms with Crippen molar-refractivity contribution in [1.29, 1.82) is 0 Å². The molecule has 0 saturated carbocycles. The molecule has 0 heteroatoms. The molecule has 0 spiro atoms. The highest BCUT2D eigenvalue weighted by Gasteiger charge is 2.21. The molecule has 0 aliphatic rings. The third kappa shape index (κ3) is 9.74. The van der Waals surface area contributed by atoms with Crippen molar-refractivity contribution in [3.63, 3.8) is 0 Å². The fourth-order valence-corrected chi connectivity index (χ4v) is 2.14. The lowest BCUT2D eigenvalue weighted by Crippen LogP contribution is -2.17. The first-order valence-corrected chi connectivity index (χ1v) is 7.73. The molecule has 0 radical (unpaired) electrons. The number of rotatable bonds is 7. The van der Waals surface area contributed by atoms with E-state index in [9.17, 15) is 0 Å². The SMILES string of the molecule is CCC(C)=CC(C)CCC(C)(C)CCC(C)(C)C. The van der Waals surface area contributed by atoms with E-state index in [2.05, 4.69) is 61.5 Å². The molecule has 0 aromatic carbocycles. The smallest absolute Gasteiger partial charge is 0.0259 e. The van der Waals surface area contributed by atoms with Crippen molar-refractivity contribution in [2.45, 2.75) is 87.5 Å². The van der Waals surface area contributed by atoms with Crippen LogP contribution >= 0.6 is 0 Å². The Hall–Kier alpha value is -0.260. The summed E-state index contributed by atoms with van der Waals surface area (Å²) in [6.45, 7) is 18.8. The largest absolute Gasteiger partial charge is 0.0828 e. The molecule has 0 fully saturated rings. The van der Waals surface area contributed by atoms with Crippen LogP contribution in [0.3, 0.4) is 0 Å². The number of hydrogen-bond donors (Lipinski definition) is 0. The Bertz CT molecular complexity index is 250. The van der Waals surface area contributed by atoms with Crippen LogP contribution in [0.5, 0.6) is 0 Å². The van der Waals surface area contributed by atoms with Crippen LogP contribution in [-0.4, -0.2) is 0 Å². The van der Waals surface area contributed by atoms with Gasteiger partial charge in [0.15, 0.2) is 0 Å². The summed E-state index contributed by atoms with van der Waals surface area (Å²) in [6, 6.07) is 0. The quantitative estimate of drug-likeness (QED) is 0.447. The molecular formula is C18H36. The van der Waals surface area contributed by atoms with Gasteiger partial charge < -0.3 is 0 Å². The lowest BCUT2D eigenvalue weighted by molar-refractivity contribution is 0.230. The van der Waals surface area contributed by atoms with Crippen molar-refractivity contribution in [1.82, 2.24) is 0 Å². The van der Waals surface area contributed by atoms with Crippen LogP contribution in [-0.2, 0) is 0 Å². The highest BCUT2D eigenvalue weighted by molar-refractivity contribution is 4.99. The van der Waals surface area contributed by atoms with E-state index in [0.717, 1.165) is 5.92 Å². The summed E-state index contributed by atoms with van der Waals surface area (Å²) in [6.07, 6.45) is 9.00. The van der Waals surface area contributed by atoms with E-state index in [1.54, 1.807) is 0 Å². The Labute approximate surface area is 116 Å². The van der Waals surface area contributed by atoms with Gasteiger partial charge in [0.1, 0.15) is 0 Å². The van der Waals surface area contributed by atoms with E-state index in [1.807, 2.05) is 0 Å². The summed E-state index contributed by atoms with van der Waals surface area (Å²) in [5.74, 6) is 0.735. The minimum Gasteiger partial charge on any atom is -0.0828 e. The summed E-state index contributed by atoms with van der Waals surface area (Å²) in [4.78, 5) is 0. The van der Waals surface area contributed by atoms with Crippen LogP contribution < -0.4 is 0 Å². The molecule has 0 aliphatic carbocycles. The fourth-order valence-electron chi connectivity index (χ4n) is 2.14. The maximum atomic E-state index is 2.46. The standard InChI is InChI=1S/C18H36/c1-9-15(2)14-16(3)10-11-18(7,8)13-12-17(4,5)6/h14,16H,9-13H2,1-8H3. The highest BCUT2D eigenvalue weighted by Crippen LogP contribution is 2.35. The van der Waals surface area contributed by atoms with Gasteiger partial charge in [0.05, 0.1) is 0 Å². The molecule has 0 N–H and O–H groups in total. The summed E-state index contributed by atoms with van der Waals surface area (Å²) in [7, 11) is 0. The molecule has 0 amide bonds. The average molecular weight is 252 g/mol. The van der Waals surface area contributed by atoms with Gasteiger partial charge >= 0.3 is 0 Å². The van der Waals surface area contributed by atoms with E-state index >= 15 is 0 Å². The zero-order valence-corrected chi connectivity index (χ0v) is 14.2. The van der Waals surface area contributed by atoms with Gasteiger partial charge in [-0.1, -0.05) is 60.1 Å². The summed E-state index contributed by atoms with van der Waals surface area (Å²) >= 11 is 0. The minimum atomic E-state index is 0.474. The van der Waals surface area contributed by atoms with Gasteiger partial charge in [0, 0.05) is 0 Å². The Kier molecular flexibility index (Phi) is 7.25. The summed E-state index contributed by atoms with van der Waals surface area (Å²) in [5.41, 5.74) is 2.51. The second-order valence-corrected chi connectivity index (χ2v) is 8.11. The molecule has 1 atom stereocenters. The maximum absolute atomic E-state index is 2.46. The second-order valence-electron chi connectivity index (χ2n) is 8.11. The number of hydrogen-bond acceptors (Lipinski definition) is 0. The molecule has 0 nitrogen and oxygen atoms in total. The predicted octanol–water partition coefficient (Wildman–Crippen LogP) is 6.61. The van der Waals surface area contributed by atoms with E-state index in [1.165, 1.54) is 37.7 Å². The van der Waals surface area contributed by atoms with Gasteiger partial charge in [-0.2, -0.15) is 0 Å². The molecule has 0 aliphatic heterocycles. The lowest BCUT2D eigenvalue weighted by atomic mass is 9.76. The molecule has 0 bridgehead atoms. The van der Waals surface area contributed by atoms with Crippen molar-refractivity contribution in [3.8, 4) is 0 Å². The highest BCUT2D eigenvalue weighted by atomic mass is 14.3. The first-order chi connectivity index (χ1) is 8.06. The zero-order valence-electron chi connectivity index (χ0n) is 14.2. The Morgan fingerprint density at radius 2 is 1.56 bits per heavy atom. The zero-order chi connectivity index (χ0) is 14.4. The molecule has 1 unspecified atom stereocenters. The van der Waals surface area contributed by atoms with Crippen LogP contribution in [0.25, 0.3) is 0 Å². The first kappa shape index (κ1) is 17.7. The maximum Gasteiger partial charge on any atom is -0.0259 e. The van der Waals surface area contributed by atoms with Crippen LogP contribution in [0.15, 0.2) is 11.6 Å². The van der Waals surface area contributed by atoms with Gasteiger partial charge in [-0.25, -0.2) is 0 Å². The van der Waals surface area contributed by atoms with E-state index in [-0.39, 0.29) is 0 Å². The van der Waals surface area contributed by atoms with Crippen LogP contribution in [0.2, 0.25) is 0 Å². The Morgan fingerprint density at radius 1 is 1.00 bits per heavy atom. The van der Waals surface area contributed by atoms with Crippen molar-refractivity contribution in [2.24, 2.45) is 16.7 Å². The third-order valence-electron chi connectivity index (χ3n) is 3.95. The molecule has 0 aromatic heterocycles. The fraction of sp³-hybridized carbons (Fsp3) is 0.889. The van der Waals surface area contributed by atoms with Crippen molar-refractivity contribution >= 4 is 0 Å². The number of allylic oxidation sites excluding steroid dienone is 2. The Balaban J connectivity index is 4.10. The molecule has 108 valence electrons. The molecule has 0 saturated heterocycles. The van der Waals surface area contributed by atoms with E-state index in [4.69, 9.17) is 0 Å². The molecular weight excluding hydrogens is 216 g/mol. The van der Waals surface area contributed by atoms with Crippen LogP contribution in [0, 0.1) is 16.7 Å². The monoisotopic (exact) mass is 252 g/mol. The van der Waals surface area contributed by atoms with E-state index in [0.29, 0.717) is 10.8 Å². The Morgan fingerprint density at radius 3 is 2.00 bits per heavy atom. The molecule has 0 rings (SSSR count). The van der Waals surface area contributed by atoms with Crippen molar-refractivity contribution < 1.29 is 0 Å². The third-order valence-corrected chi connectivity index (χ3v) is 3.95. The second kappa shape index (κ2) is 7.36. The van der Waals surface area contributed by atoms with Gasteiger partial charge in [-0.05, 0) is 55.8 Å². The van der Waals surface area contributed by atoms with Crippen molar-refractivity contribution in [2.75, 3.05) is 0 Å². The van der Waals surface area contributed by atoms with Crippen LogP contribution in [0.4, 0.5) is 0 Å². The first-order valence-electron chi connectivity index (χ1n) is 7.73. The minimum absolute atomic E-state index is 0.474. The van der Waals surface area contributed by atoms with E-state index < -0.39 is 0 Å². The predicted molar refractivity (Wildman–Crippen MR) is 84.9 cm³/mol. The molecule has 0 heterocycles. The van der Waals surface area contributed by atoms with Gasteiger partial charge in [0.2, 0.25) is 0 Å². The van der Waals surface area contributed by atoms with Gasteiger partial charge in [0.25, 0.3) is 0 Å². The molecule has 18 heavy (non-hydrogen) atoms. The lowest BCUT2D eigenvalue weighted by Gasteiger charge is -2.29. The van der Waals surface area contributed by atoms with Crippen LogP contribution in [0.1, 0.15) is 87.5 Å².